The van der Waals surface area contributed by atoms with Crippen molar-refractivity contribution in [1.29, 1.82) is 0 Å². The quantitative estimate of drug-likeness (QED) is 0.748. The Hall–Kier alpha value is -0.920. The third-order valence-corrected chi connectivity index (χ3v) is 3.44. The molecule has 0 bridgehead atoms. The summed E-state index contributed by atoms with van der Waals surface area (Å²) in [5.41, 5.74) is 0.359. The van der Waals surface area contributed by atoms with Crippen molar-refractivity contribution in [1.82, 2.24) is 9.88 Å². The van der Waals surface area contributed by atoms with Crippen molar-refractivity contribution < 1.29 is 18.0 Å². The van der Waals surface area contributed by atoms with Crippen LogP contribution in [0.1, 0.15) is 24.8 Å². The Balaban J connectivity index is 2.65. The van der Waals surface area contributed by atoms with Crippen LogP contribution in [0.2, 0.25) is 0 Å². The van der Waals surface area contributed by atoms with Crippen molar-refractivity contribution in [3.8, 4) is 0 Å². The first-order valence-electron chi connectivity index (χ1n) is 5.00. The van der Waals surface area contributed by atoms with Gasteiger partial charge in [0.05, 0.1) is 6.61 Å². The minimum atomic E-state index is -3.48. The van der Waals surface area contributed by atoms with E-state index in [1.807, 2.05) is 0 Å². The SMILES string of the molecule is CCC(CO)NS(=O)(=O)Cc1cc(C)on1. The summed E-state index contributed by atoms with van der Waals surface area (Å²) >= 11 is 0. The standard InChI is InChI=1S/C9H16N2O4S/c1-3-8(5-12)11-16(13,14)6-9-4-7(2)15-10-9/h4,8,11-12H,3,5-6H2,1-2H3. The van der Waals surface area contributed by atoms with Gasteiger partial charge in [-0.05, 0) is 13.3 Å². The Morgan fingerprint density at radius 3 is 2.75 bits per heavy atom. The van der Waals surface area contributed by atoms with Crippen LogP contribution in [0.3, 0.4) is 0 Å². The fraction of sp³-hybridized carbons (Fsp3) is 0.667. The molecule has 92 valence electrons. The molecule has 1 unspecified atom stereocenters. The Morgan fingerprint density at radius 2 is 2.31 bits per heavy atom. The monoisotopic (exact) mass is 248 g/mol. The van der Waals surface area contributed by atoms with Crippen molar-refractivity contribution in [2.75, 3.05) is 6.61 Å². The van der Waals surface area contributed by atoms with Gasteiger partial charge in [0.2, 0.25) is 10.0 Å². The molecule has 0 aliphatic heterocycles. The molecule has 1 aromatic heterocycles. The molecule has 0 aliphatic rings. The highest BCUT2D eigenvalue weighted by molar-refractivity contribution is 7.88. The van der Waals surface area contributed by atoms with Crippen molar-refractivity contribution in [2.24, 2.45) is 0 Å². The lowest BCUT2D eigenvalue weighted by Gasteiger charge is -2.13. The van der Waals surface area contributed by atoms with E-state index in [0.29, 0.717) is 17.9 Å². The first kappa shape index (κ1) is 13.1. The molecular formula is C9H16N2O4S. The van der Waals surface area contributed by atoms with Gasteiger partial charge in [0, 0.05) is 12.1 Å². The second-order valence-electron chi connectivity index (χ2n) is 3.59. The lowest BCUT2D eigenvalue weighted by atomic mass is 10.3. The molecule has 6 nitrogen and oxygen atoms in total. The second kappa shape index (κ2) is 5.42. The zero-order valence-corrected chi connectivity index (χ0v) is 10.1. The molecule has 0 fully saturated rings. The first-order valence-corrected chi connectivity index (χ1v) is 6.65. The smallest absolute Gasteiger partial charge is 0.217 e. The van der Waals surface area contributed by atoms with E-state index in [0.717, 1.165) is 0 Å². The highest BCUT2D eigenvalue weighted by Gasteiger charge is 2.18. The topological polar surface area (TPSA) is 92.4 Å². The van der Waals surface area contributed by atoms with Crippen LogP contribution in [0, 0.1) is 6.92 Å². The van der Waals surface area contributed by atoms with Gasteiger partial charge >= 0.3 is 0 Å². The summed E-state index contributed by atoms with van der Waals surface area (Å²) in [5, 5.41) is 12.5. The number of hydrogen-bond donors (Lipinski definition) is 2. The number of aliphatic hydroxyl groups excluding tert-OH is 1. The Bertz CT molecular complexity index is 422. The molecule has 2 N–H and O–H groups in total. The van der Waals surface area contributed by atoms with Crippen LogP contribution in [-0.2, 0) is 15.8 Å². The molecule has 1 rings (SSSR count). The minimum Gasteiger partial charge on any atom is -0.395 e. The third kappa shape index (κ3) is 3.92. The van der Waals surface area contributed by atoms with Gasteiger partial charge in [0.15, 0.2) is 0 Å². The molecule has 7 heteroatoms. The first-order chi connectivity index (χ1) is 7.46. The number of aliphatic hydroxyl groups is 1. The lowest BCUT2D eigenvalue weighted by molar-refractivity contribution is 0.253. The highest BCUT2D eigenvalue weighted by atomic mass is 32.2. The molecule has 0 saturated carbocycles. The fourth-order valence-electron chi connectivity index (χ4n) is 1.23. The maximum Gasteiger partial charge on any atom is 0.217 e. The molecule has 0 amide bonds. The van der Waals surface area contributed by atoms with Gasteiger partial charge in [-0.3, -0.25) is 0 Å². The van der Waals surface area contributed by atoms with Crippen LogP contribution in [0.5, 0.6) is 0 Å². The zero-order chi connectivity index (χ0) is 12.2. The summed E-state index contributed by atoms with van der Waals surface area (Å²) in [6, 6.07) is 1.12. The number of hydrogen-bond acceptors (Lipinski definition) is 5. The Morgan fingerprint density at radius 1 is 1.62 bits per heavy atom. The molecule has 16 heavy (non-hydrogen) atoms. The van der Waals surface area contributed by atoms with Crippen molar-refractivity contribution in [3.63, 3.8) is 0 Å². The van der Waals surface area contributed by atoms with Gasteiger partial charge < -0.3 is 9.63 Å². The zero-order valence-electron chi connectivity index (χ0n) is 9.30. The third-order valence-electron chi connectivity index (χ3n) is 2.07. The van der Waals surface area contributed by atoms with Crippen molar-refractivity contribution in [2.45, 2.75) is 32.1 Å². The van der Waals surface area contributed by atoms with E-state index in [-0.39, 0.29) is 12.4 Å². The maximum atomic E-state index is 11.6. The van der Waals surface area contributed by atoms with Gasteiger partial charge in [-0.15, -0.1) is 0 Å². The van der Waals surface area contributed by atoms with E-state index >= 15 is 0 Å². The summed E-state index contributed by atoms with van der Waals surface area (Å²) in [6.45, 7) is 3.27. The summed E-state index contributed by atoms with van der Waals surface area (Å²) < 4.78 is 30.4. The van der Waals surface area contributed by atoms with Gasteiger partial charge in [0.1, 0.15) is 17.2 Å². The summed E-state index contributed by atoms with van der Waals surface area (Å²) in [6.07, 6.45) is 0.535. The molecule has 0 aromatic carbocycles. The number of aromatic nitrogens is 1. The Kier molecular flexibility index (Phi) is 4.45. The molecule has 1 atom stereocenters. The number of nitrogens with zero attached hydrogens (tertiary/aromatic N) is 1. The number of rotatable bonds is 6. The van der Waals surface area contributed by atoms with E-state index in [2.05, 4.69) is 9.88 Å². The number of nitrogens with one attached hydrogen (secondary N) is 1. The van der Waals surface area contributed by atoms with E-state index in [4.69, 9.17) is 9.63 Å². The predicted molar refractivity (Wildman–Crippen MR) is 58.2 cm³/mol. The van der Waals surface area contributed by atoms with Gasteiger partial charge in [0.25, 0.3) is 0 Å². The highest BCUT2D eigenvalue weighted by Crippen LogP contribution is 2.06. The Labute approximate surface area is 94.7 Å². The summed E-state index contributed by atoms with van der Waals surface area (Å²) in [4.78, 5) is 0. The molecule has 0 aliphatic carbocycles. The van der Waals surface area contributed by atoms with Crippen LogP contribution in [0.4, 0.5) is 0 Å². The van der Waals surface area contributed by atoms with Crippen LogP contribution in [-0.4, -0.2) is 31.3 Å². The van der Waals surface area contributed by atoms with Crippen LogP contribution in [0.15, 0.2) is 10.6 Å². The summed E-state index contributed by atoms with van der Waals surface area (Å²) in [7, 11) is -3.48. The predicted octanol–water partition coefficient (Wildman–Crippen LogP) is 0.173. The number of sulfonamides is 1. The average molecular weight is 248 g/mol. The summed E-state index contributed by atoms with van der Waals surface area (Å²) in [5.74, 6) is 0.334. The lowest BCUT2D eigenvalue weighted by Crippen LogP contribution is -2.37. The van der Waals surface area contributed by atoms with E-state index in [1.165, 1.54) is 0 Å². The molecule has 0 spiro atoms. The largest absolute Gasteiger partial charge is 0.395 e. The van der Waals surface area contributed by atoms with Crippen LogP contribution < -0.4 is 4.72 Å². The molecule has 0 saturated heterocycles. The maximum absolute atomic E-state index is 11.6. The van der Waals surface area contributed by atoms with Gasteiger partial charge in [-0.2, -0.15) is 0 Å². The van der Waals surface area contributed by atoms with Crippen LogP contribution >= 0.6 is 0 Å². The molecular weight excluding hydrogens is 232 g/mol. The van der Waals surface area contributed by atoms with Gasteiger partial charge in [-0.1, -0.05) is 12.1 Å². The number of aryl methyl sites for hydroxylation is 1. The van der Waals surface area contributed by atoms with E-state index < -0.39 is 16.1 Å². The van der Waals surface area contributed by atoms with Crippen molar-refractivity contribution in [3.05, 3.63) is 17.5 Å². The van der Waals surface area contributed by atoms with E-state index in [1.54, 1.807) is 19.9 Å². The molecule has 0 radical (unpaired) electrons. The van der Waals surface area contributed by atoms with Gasteiger partial charge in [-0.25, -0.2) is 13.1 Å². The fourth-order valence-corrected chi connectivity index (χ4v) is 2.58. The van der Waals surface area contributed by atoms with Crippen molar-refractivity contribution >= 4 is 10.0 Å². The van der Waals surface area contributed by atoms with E-state index in [9.17, 15) is 8.42 Å². The normalized spacial score (nSPS) is 13.9. The molecule has 1 aromatic rings. The average Bonchev–Trinajstić information content (AvgIpc) is 2.59. The second-order valence-corrected chi connectivity index (χ2v) is 5.35. The minimum absolute atomic E-state index is 0.215. The van der Waals surface area contributed by atoms with Crippen LogP contribution in [0.25, 0.3) is 0 Å². The molecule has 1 heterocycles.